The van der Waals surface area contributed by atoms with E-state index in [0.717, 1.165) is 49.3 Å². The predicted molar refractivity (Wildman–Crippen MR) is 86.3 cm³/mol. The van der Waals surface area contributed by atoms with Crippen molar-refractivity contribution in [2.45, 2.75) is 31.5 Å². The van der Waals surface area contributed by atoms with Crippen LogP contribution in [-0.2, 0) is 4.79 Å². The number of likely N-dealkylation sites (N-methyl/N-ethyl adjacent to an activating group) is 1. The van der Waals surface area contributed by atoms with Crippen LogP contribution in [0.3, 0.4) is 0 Å². The van der Waals surface area contributed by atoms with Crippen LogP contribution >= 0.6 is 11.8 Å². The van der Waals surface area contributed by atoms with Crippen molar-refractivity contribution in [1.82, 2.24) is 19.4 Å². The maximum Gasteiger partial charge on any atom is 0.254 e. The summed E-state index contributed by atoms with van der Waals surface area (Å²) < 4.78 is 1.69. The molecular formula is C15H22N4O2S. The molecule has 3 heterocycles. The fourth-order valence-corrected chi connectivity index (χ4v) is 4.25. The van der Waals surface area contributed by atoms with Crippen LogP contribution in [0.4, 0.5) is 0 Å². The van der Waals surface area contributed by atoms with Gasteiger partial charge in [-0.05, 0) is 13.5 Å². The lowest BCUT2D eigenvalue weighted by Crippen LogP contribution is -2.49. The molecule has 3 rings (SSSR count). The van der Waals surface area contributed by atoms with Crippen molar-refractivity contribution in [3.8, 4) is 0 Å². The number of rotatable bonds is 3. The van der Waals surface area contributed by atoms with E-state index in [4.69, 9.17) is 0 Å². The molecule has 0 unspecified atom stereocenters. The molecule has 0 aliphatic carbocycles. The zero-order valence-electron chi connectivity index (χ0n) is 13.1. The lowest BCUT2D eigenvalue weighted by molar-refractivity contribution is -0.133. The Morgan fingerprint density at radius 2 is 2.09 bits per heavy atom. The maximum atomic E-state index is 12.5. The van der Waals surface area contributed by atoms with Crippen LogP contribution in [0.15, 0.2) is 16.0 Å². The highest BCUT2D eigenvalue weighted by atomic mass is 32.2. The number of carbonyl (C=O) groups excluding carboxylic acids is 1. The van der Waals surface area contributed by atoms with Gasteiger partial charge in [-0.3, -0.25) is 14.2 Å². The van der Waals surface area contributed by atoms with E-state index in [1.165, 1.54) is 0 Å². The first-order valence-corrected chi connectivity index (χ1v) is 8.80. The number of aryl methyl sites for hydroxylation is 1. The number of nitrogens with zero attached hydrogens (tertiary/aromatic N) is 4. The van der Waals surface area contributed by atoms with E-state index in [9.17, 15) is 9.59 Å². The molecule has 2 aliphatic heterocycles. The van der Waals surface area contributed by atoms with Gasteiger partial charge in [0.05, 0.1) is 6.04 Å². The molecule has 0 bridgehead atoms. The van der Waals surface area contributed by atoms with E-state index >= 15 is 0 Å². The quantitative estimate of drug-likeness (QED) is 0.769. The van der Waals surface area contributed by atoms with Crippen LogP contribution in [0.5, 0.6) is 0 Å². The Morgan fingerprint density at radius 3 is 2.77 bits per heavy atom. The summed E-state index contributed by atoms with van der Waals surface area (Å²) in [5, 5.41) is 0.749. The fraction of sp³-hybridized carbons (Fsp3) is 0.667. The molecule has 120 valence electrons. The van der Waals surface area contributed by atoms with Crippen LogP contribution in [0.2, 0.25) is 0 Å². The largest absolute Gasteiger partial charge is 0.340 e. The highest BCUT2D eigenvalue weighted by Crippen LogP contribution is 2.32. The number of thioether (sulfide) groups is 1. The molecular weight excluding hydrogens is 300 g/mol. The van der Waals surface area contributed by atoms with Crippen molar-refractivity contribution in [2.24, 2.45) is 0 Å². The van der Waals surface area contributed by atoms with Crippen LogP contribution in [0, 0.1) is 6.92 Å². The van der Waals surface area contributed by atoms with E-state index in [0.29, 0.717) is 6.42 Å². The molecule has 2 aliphatic rings. The van der Waals surface area contributed by atoms with Crippen molar-refractivity contribution >= 4 is 17.7 Å². The Labute approximate surface area is 134 Å². The van der Waals surface area contributed by atoms with E-state index in [1.54, 1.807) is 22.4 Å². The highest BCUT2D eigenvalue weighted by Gasteiger charge is 2.29. The zero-order chi connectivity index (χ0) is 15.7. The first-order valence-electron chi connectivity index (χ1n) is 7.81. The molecule has 0 aromatic carbocycles. The number of aromatic nitrogens is 2. The van der Waals surface area contributed by atoms with Crippen LogP contribution < -0.4 is 5.56 Å². The molecule has 1 aromatic rings. The maximum absolute atomic E-state index is 12.5. The van der Waals surface area contributed by atoms with Gasteiger partial charge in [-0.2, -0.15) is 0 Å². The molecule has 1 aromatic heterocycles. The third-order valence-electron chi connectivity index (χ3n) is 4.40. The van der Waals surface area contributed by atoms with Crippen LogP contribution in [0.1, 0.15) is 25.1 Å². The Hall–Kier alpha value is -1.34. The third-order valence-corrected chi connectivity index (χ3v) is 5.50. The lowest BCUT2D eigenvalue weighted by atomic mass is 10.2. The van der Waals surface area contributed by atoms with Gasteiger partial charge in [0.25, 0.3) is 5.56 Å². The monoisotopic (exact) mass is 322 g/mol. The second-order valence-corrected chi connectivity index (χ2v) is 6.86. The average molecular weight is 322 g/mol. The predicted octanol–water partition coefficient (Wildman–Crippen LogP) is 0.753. The standard InChI is InChI=1S/C15H22N4O2S/c1-3-17-4-6-18(7-5-17)13(20)9-12-10-22-15-16-11(2)8-14(21)19(12)15/h8,12H,3-7,9-10H2,1-2H3/t12-/m0/s1. The fourth-order valence-electron chi connectivity index (χ4n) is 3.06. The minimum Gasteiger partial charge on any atom is -0.340 e. The molecule has 1 saturated heterocycles. The van der Waals surface area contributed by atoms with E-state index in [2.05, 4.69) is 16.8 Å². The summed E-state index contributed by atoms with van der Waals surface area (Å²) in [5.74, 6) is 0.911. The Morgan fingerprint density at radius 1 is 1.36 bits per heavy atom. The normalized spacial score (nSPS) is 21.9. The molecule has 0 radical (unpaired) electrons. The van der Waals surface area contributed by atoms with E-state index in [1.807, 2.05) is 11.8 Å². The van der Waals surface area contributed by atoms with Gasteiger partial charge in [0, 0.05) is 50.1 Å². The molecule has 6 nitrogen and oxygen atoms in total. The minimum absolute atomic E-state index is 0.0406. The van der Waals surface area contributed by atoms with Crippen molar-refractivity contribution in [2.75, 3.05) is 38.5 Å². The molecule has 0 N–H and O–H groups in total. The highest BCUT2D eigenvalue weighted by molar-refractivity contribution is 7.99. The summed E-state index contributed by atoms with van der Waals surface area (Å²) in [6.45, 7) is 8.48. The molecule has 22 heavy (non-hydrogen) atoms. The molecule has 7 heteroatoms. The molecule has 0 spiro atoms. The Bertz CT molecular complexity index is 622. The van der Waals surface area contributed by atoms with Gasteiger partial charge in [0.1, 0.15) is 0 Å². The number of amides is 1. The van der Waals surface area contributed by atoms with Gasteiger partial charge >= 0.3 is 0 Å². The molecule has 1 fully saturated rings. The minimum atomic E-state index is -0.0581. The summed E-state index contributed by atoms with van der Waals surface area (Å²) in [4.78, 5) is 33.3. The molecule has 0 saturated carbocycles. The summed E-state index contributed by atoms with van der Waals surface area (Å²) in [5.41, 5.74) is 0.701. The average Bonchev–Trinajstić information content (AvgIpc) is 2.90. The molecule has 1 atom stereocenters. The number of fused-ring (bicyclic) bond motifs is 1. The number of hydrogen-bond donors (Lipinski definition) is 0. The molecule has 1 amide bonds. The third kappa shape index (κ3) is 3.05. The second-order valence-electron chi connectivity index (χ2n) is 5.87. The smallest absolute Gasteiger partial charge is 0.254 e. The summed E-state index contributed by atoms with van der Waals surface area (Å²) in [6.07, 6.45) is 0.400. The number of piperazine rings is 1. The SMILES string of the molecule is CCN1CCN(C(=O)C[C@H]2CSc3nc(C)cc(=O)n32)CC1. The Balaban J connectivity index is 1.66. The van der Waals surface area contributed by atoms with Gasteiger partial charge in [0.15, 0.2) is 5.16 Å². The van der Waals surface area contributed by atoms with Crippen molar-refractivity contribution in [3.63, 3.8) is 0 Å². The van der Waals surface area contributed by atoms with Crippen molar-refractivity contribution < 1.29 is 4.79 Å². The van der Waals surface area contributed by atoms with Gasteiger partial charge in [-0.1, -0.05) is 18.7 Å². The van der Waals surface area contributed by atoms with E-state index < -0.39 is 0 Å². The van der Waals surface area contributed by atoms with Gasteiger partial charge < -0.3 is 9.80 Å². The van der Waals surface area contributed by atoms with E-state index in [-0.39, 0.29) is 17.5 Å². The number of hydrogen-bond acceptors (Lipinski definition) is 5. The summed E-state index contributed by atoms with van der Waals surface area (Å²) in [7, 11) is 0. The second kappa shape index (κ2) is 6.42. The van der Waals surface area contributed by atoms with Crippen molar-refractivity contribution in [3.05, 3.63) is 22.1 Å². The zero-order valence-corrected chi connectivity index (χ0v) is 13.9. The summed E-state index contributed by atoms with van der Waals surface area (Å²) in [6, 6.07) is 1.49. The summed E-state index contributed by atoms with van der Waals surface area (Å²) >= 11 is 1.57. The topological polar surface area (TPSA) is 58.4 Å². The first-order chi connectivity index (χ1) is 10.6. The van der Waals surface area contributed by atoms with Gasteiger partial charge in [0.2, 0.25) is 5.91 Å². The van der Waals surface area contributed by atoms with Gasteiger partial charge in [-0.15, -0.1) is 0 Å². The lowest BCUT2D eigenvalue weighted by Gasteiger charge is -2.34. The first kappa shape index (κ1) is 15.6. The van der Waals surface area contributed by atoms with Crippen molar-refractivity contribution in [1.29, 1.82) is 0 Å². The van der Waals surface area contributed by atoms with Crippen LogP contribution in [0.25, 0.3) is 0 Å². The van der Waals surface area contributed by atoms with Gasteiger partial charge in [-0.25, -0.2) is 4.98 Å². The van der Waals surface area contributed by atoms with Crippen LogP contribution in [-0.4, -0.2) is 63.7 Å². The number of carbonyl (C=O) groups is 1. The Kier molecular flexibility index (Phi) is 4.54.